The number of allylic oxidation sites excluding steroid dienone is 1. The summed E-state index contributed by atoms with van der Waals surface area (Å²) in [5.74, 6) is -0.0373. The van der Waals surface area contributed by atoms with Gasteiger partial charge in [-0.1, -0.05) is 42.5 Å². The average Bonchev–Trinajstić information content (AvgIpc) is 2.66. The first kappa shape index (κ1) is 18.1. The minimum absolute atomic E-state index is 0.00960. The molecule has 0 bridgehead atoms. The lowest BCUT2D eigenvalue weighted by molar-refractivity contribution is 0.0959. The van der Waals surface area contributed by atoms with Crippen LogP contribution < -0.4 is 11.2 Å². The van der Waals surface area contributed by atoms with Gasteiger partial charge in [0, 0.05) is 24.2 Å². The molecule has 2 heterocycles. The molecule has 1 aliphatic rings. The van der Waals surface area contributed by atoms with Gasteiger partial charge in [-0.3, -0.25) is 19.1 Å². The fourth-order valence-corrected chi connectivity index (χ4v) is 3.84. The summed E-state index contributed by atoms with van der Waals surface area (Å²) in [4.78, 5) is 44.2. The lowest BCUT2D eigenvalue weighted by Crippen LogP contribution is -2.33. The molecule has 142 valence electrons. The zero-order valence-electron chi connectivity index (χ0n) is 15.8. The van der Waals surface area contributed by atoms with Crippen molar-refractivity contribution in [2.75, 3.05) is 0 Å². The molecule has 2 aromatic heterocycles. The van der Waals surface area contributed by atoms with Gasteiger partial charge in [0.15, 0.2) is 5.78 Å². The van der Waals surface area contributed by atoms with E-state index in [-0.39, 0.29) is 17.7 Å². The molecule has 0 fully saturated rings. The van der Waals surface area contributed by atoms with E-state index in [0.717, 1.165) is 5.56 Å². The van der Waals surface area contributed by atoms with Crippen LogP contribution in [0, 0.1) is 5.92 Å². The van der Waals surface area contributed by atoms with E-state index in [0.29, 0.717) is 35.0 Å². The Morgan fingerprint density at radius 2 is 1.89 bits per heavy atom. The van der Waals surface area contributed by atoms with Gasteiger partial charge >= 0.3 is 5.69 Å². The third kappa shape index (κ3) is 3.11. The molecule has 6 heteroatoms. The lowest BCUT2D eigenvalue weighted by Gasteiger charge is -2.23. The Labute approximate surface area is 161 Å². The van der Waals surface area contributed by atoms with Crippen LogP contribution in [0.25, 0.3) is 17.1 Å². The Hall–Kier alpha value is -3.28. The third-order valence-corrected chi connectivity index (χ3v) is 5.15. The maximum Gasteiger partial charge on any atom is 0.330 e. The van der Waals surface area contributed by atoms with Crippen LogP contribution in [0.5, 0.6) is 0 Å². The van der Waals surface area contributed by atoms with Gasteiger partial charge in [0.25, 0.3) is 5.56 Å². The number of aromatic amines is 1. The van der Waals surface area contributed by atoms with Crippen molar-refractivity contribution >= 4 is 22.9 Å². The minimum atomic E-state index is -0.485. The Morgan fingerprint density at radius 3 is 2.61 bits per heavy atom. The molecular weight excluding hydrogens is 354 g/mol. The molecule has 0 saturated heterocycles. The number of fused-ring (bicyclic) bond motifs is 3. The standard InChI is InChI=1S/C22H21N3O3/c1-13(2)25-20-19(21(27)24-22(25)28)16-10-15(11-18(26)17(16)12-23-20)9-8-14-6-4-3-5-7-14/h3-9,12-13,15H,10-11H2,1-2H3,(H,24,27,28)/b9-8+/t15-/m0/s1. The Bertz CT molecular complexity index is 1200. The van der Waals surface area contributed by atoms with Gasteiger partial charge in [-0.2, -0.15) is 0 Å². The van der Waals surface area contributed by atoms with Crippen molar-refractivity contribution in [2.45, 2.75) is 32.7 Å². The van der Waals surface area contributed by atoms with Crippen molar-refractivity contribution in [3.63, 3.8) is 0 Å². The van der Waals surface area contributed by atoms with Gasteiger partial charge in [0.05, 0.1) is 5.39 Å². The van der Waals surface area contributed by atoms with Crippen molar-refractivity contribution in [1.82, 2.24) is 14.5 Å². The molecule has 0 spiro atoms. The maximum atomic E-state index is 12.7. The van der Waals surface area contributed by atoms with Crippen LogP contribution in [0.4, 0.5) is 0 Å². The summed E-state index contributed by atoms with van der Waals surface area (Å²) in [5, 5.41) is 0.344. The van der Waals surface area contributed by atoms with Crippen LogP contribution in [0.1, 0.15) is 47.8 Å². The van der Waals surface area contributed by atoms with Crippen LogP contribution in [0.3, 0.4) is 0 Å². The summed E-state index contributed by atoms with van der Waals surface area (Å²) in [6, 6.07) is 9.72. The first-order valence-corrected chi connectivity index (χ1v) is 9.38. The summed E-state index contributed by atoms with van der Waals surface area (Å²) in [6.45, 7) is 3.72. The fourth-order valence-electron chi connectivity index (χ4n) is 3.84. The number of pyridine rings is 1. The van der Waals surface area contributed by atoms with E-state index >= 15 is 0 Å². The minimum Gasteiger partial charge on any atom is -0.294 e. The van der Waals surface area contributed by atoms with E-state index in [1.807, 2.05) is 56.3 Å². The number of Topliss-reactive ketones (excluding diaryl/α,β-unsaturated/α-hetero) is 1. The summed E-state index contributed by atoms with van der Waals surface area (Å²) in [7, 11) is 0. The third-order valence-electron chi connectivity index (χ3n) is 5.15. The van der Waals surface area contributed by atoms with Crippen LogP contribution in [-0.2, 0) is 6.42 Å². The summed E-state index contributed by atoms with van der Waals surface area (Å²) in [5.41, 5.74) is 1.59. The lowest BCUT2D eigenvalue weighted by atomic mass is 9.82. The molecule has 0 amide bonds. The molecule has 3 aromatic rings. The Balaban J connectivity index is 1.84. The highest BCUT2D eigenvalue weighted by atomic mass is 16.2. The topological polar surface area (TPSA) is 84.8 Å². The zero-order chi connectivity index (χ0) is 19.8. The highest BCUT2D eigenvalue weighted by Crippen LogP contribution is 2.30. The van der Waals surface area contributed by atoms with E-state index in [2.05, 4.69) is 9.97 Å². The number of nitrogens with one attached hydrogen (secondary N) is 1. The fraction of sp³-hybridized carbons (Fsp3) is 0.273. The van der Waals surface area contributed by atoms with Crippen LogP contribution in [-0.4, -0.2) is 20.3 Å². The first-order chi connectivity index (χ1) is 13.5. The molecular formula is C22H21N3O3. The number of ketones is 1. The number of nitrogens with zero attached hydrogens (tertiary/aromatic N) is 2. The molecule has 0 unspecified atom stereocenters. The van der Waals surface area contributed by atoms with E-state index in [4.69, 9.17) is 0 Å². The van der Waals surface area contributed by atoms with Crippen LogP contribution in [0.15, 0.2) is 52.2 Å². The molecule has 0 aliphatic heterocycles. The normalized spacial score (nSPS) is 16.8. The van der Waals surface area contributed by atoms with Crippen LogP contribution >= 0.6 is 0 Å². The van der Waals surface area contributed by atoms with Gasteiger partial charge in [0.1, 0.15) is 5.65 Å². The van der Waals surface area contributed by atoms with Crippen molar-refractivity contribution in [3.05, 3.63) is 80.1 Å². The summed E-state index contributed by atoms with van der Waals surface area (Å²) >= 11 is 0. The molecule has 1 N–H and O–H groups in total. The molecule has 0 saturated carbocycles. The number of H-pyrrole nitrogens is 1. The van der Waals surface area contributed by atoms with Gasteiger partial charge < -0.3 is 0 Å². The second-order valence-electron chi connectivity index (χ2n) is 7.43. The predicted octanol–water partition coefficient (Wildman–Crippen LogP) is 3.12. The highest BCUT2D eigenvalue weighted by Gasteiger charge is 2.28. The molecule has 6 nitrogen and oxygen atoms in total. The molecule has 0 radical (unpaired) electrons. The number of hydrogen-bond acceptors (Lipinski definition) is 4. The second-order valence-corrected chi connectivity index (χ2v) is 7.43. The monoisotopic (exact) mass is 375 g/mol. The van der Waals surface area contributed by atoms with Crippen LogP contribution in [0.2, 0.25) is 0 Å². The molecule has 28 heavy (non-hydrogen) atoms. The first-order valence-electron chi connectivity index (χ1n) is 9.38. The molecule has 1 aliphatic carbocycles. The number of hydrogen-bond donors (Lipinski definition) is 1. The Morgan fingerprint density at radius 1 is 1.14 bits per heavy atom. The number of carbonyl (C=O) groups is 1. The van der Waals surface area contributed by atoms with E-state index in [9.17, 15) is 14.4 Å². The number of aromatic nitrogens is 3. The summed E-state index contributed by atoms with van der Waals surface area (Å²) < 4.78 is 1.46. The van der Waals surface area contributed by atoms with E-state index in [1.165, 1.54) is 10.8 Å². The maximum absolute atomic E-state index is 12.7. The van der Waals surface area contributed by atoms with Gasteiger partial charge in [0.2, 0.25) is 0 Å². The average molecular weight is 375 g/mol. The van der Waals surface area contributed by atoms with E-state index < -0.39 is 11.2 Å². The number of rotatable bonds is 3. The van der Waals surface area contributed by atoms with Gasteiger partial charge in [-0.15, -0.1) is 0 Å². The largest absolute Gasteiger partial charge is 0.330 e. The second kappa shape index (κ2) is 7.03. The molecule has 1 atom stereocenters. The Kier molecular flexibility index (Phi) is 4.55. The summed E-state index contributed by atoms with van der Waals surface area (Å²) in [6.07, 6.45) is 6.47. The predicted molar refractivity (Wildman–Crippen MR) is 109 cm³/mol. The zero-order valence-corrected chi connectivity index (χ0v) is 15.8. The SMILES string of the molecule is CC(C)n1c(=O)[nH]c(=O)c2c3c(cnc21)C(=O)C[C@@H](/C=C/c1ccccc1)C3. The smallest absolute Gasteiger partial charge is 0.294 e. The highest BCUT2D eigenvalue weighted by molar-refractivity contribution is 6.02. The van der Waals surface area contributed by atoms with Crippen molar-refractivity contribution in [2.24, 2.45) is 5.92 Å². The quantitative estimate of drug-likeness (QED) is 0.762. The van der Waals surface area contributed by atoms with Crippen molar-refractivity contribution < 1.29 is 4.79 Å². The number of benzene rings is 1. The van der Waals surface area contributed by atoms with Crippen molar-refractivity contribution in [1.29, 1.82) is 0 Å². The van der Waals surface area contributed by atoms with E-state index in [1.54, 1.807) is 0 Å². The van der Waals surface area contributed by atoms with Gasteiger partial charge in [-0.25, -0.2) is 9.78 Å². The molecule has 1 aromatic carbocycles. The van der Waals surface area contributed by atoms with Gasteiger partial charge in [-0.05, 0) is 37.3 Å². The molecule has 4 rings (SSSR count). The van der Waals surface area contributed by atoms with Crippen molar-refractivity contribution in [3.8, 4) is 0 Å². The number of carbonyl (C=O) groups excluding carboxylic acids is 1.